The third kappa shape index (κ3) is 4.72. The van der Waals surface area contributed by atoms with Gasteiger partial charge in [-0.2, -0.15) is 15.0 Å². The Labute approximate surface area is 302 Å². The summed E-state index contributed by atoms with van der Waals surface area (Å²) in [6.45, 7) is 0. The number of aliphatic hydroxyl groups excluding tert-OH is 1. The van der Waals surface area contributed by atoms with Crippen LogP contribution in [0.25, 0.3) is 32.9 Å². The van der Waals surface area contributed by atoms with Gasteiger partial charge < -0.3 is 24.7 Å². The number of aliphatic hydroxyl groups is 1. The van der Waals surface area contributed by atoms with Crippen LogP contribution in [0.15, 0.2) is 116 Å². The quantitative estimate of drug-likeness (QED) is 0.217. The predicted octanol–water partition coefficient (Wildman–Crippen LogP) is 6.85. The van der Waals surface area contributed by atoms with Gasteiger partial charge in [-0.1, -0.05) is 12.1 Å². The highest BCUT2D eigenvalue weighted by atomic mass is 16.3. The van der Waals surface area contributed by atoms with Gasteiger partial charge in [0.1, 0.15) is 23.3 Å². The van der Waals surface area contributed by atoms with E-state index in [1.165, 1.54) is 0 Å². The minimum Gasteiger partial charge on any atom is -0.508 e. The fourth-order valence-electron chi connectivity index (χ4n) is 7.57. The summed E-state index contributed by atoms with van der Waals surface area (Å²) < 4.78 is 2.09. The van der Waals surface area contributed by atoms with Crippen molar-refractivity contribution in [2.24, 2.45) is 20.0 Å². The molecule has 0 fully saturated rings. The average molecular weight is 689 g/mol. The molecule has 5 aromatic rings. The zero-order valence-electron chi connectivity index (χ0n) is 30.6. The van der Waals surface area contributed by atoms with Crippen LogP contribution in [-0.4, -0.2) is 94.5 Å². The van der Waals surface area contributed by atoms with Gasteiger partial charge in [0.25, 0.3) is 0 Å². The first-order valence-corrected chi connectivity index (χ1v) is 17.3. The molecule has 1 aromatic heterocycles. The lowest BCUT2D eigenvalue weighted by Crippen LogP contribution is -2.43. The highest BCUT2D eigenvalue weighted by molar-refractivity contribution is 6.24. The molecule has 4 aromatic carbocycles. The van der Waals surface area contributed by atoms with Crippen molar-refractivity contribution in [3.05, 3.63) is 108 Å². The zero-order valence-corrected chi connectivity index (χ0v) is 30.6. The fourth-order valence-corrected chi connectivity index (χ4v) is 7.57. The van der Waals surface area contributed by atoms with Crippen molar-refractivity contribution in [2.75, 3.05) is 76.0 Å². The van der Waals surface area contributed by atoms with E-state index in [-0.39, 0.29) is 11.7 Å². The molecule has 0 atom stereocenters. The van der Waals surface area contributed by atoms with Gasteiger partial charge in [0.05, 0.1) is 17.0 Å². The molecular weight excluding hydrogens is 649 g/mol. The summed E-state index contributed by atoms with van der Waals surface area (Å²) in [7, 11) is 16.4. The number of anilines is 4. The Kier molecular flexibility index (Phi) is 6.88. The van der Waals surface area contributed by atoms with Gasteiger partial charge >= 0.3 is 0 Å². The molecule has 52 heavy (non-hydrogen) atoms. The van der Waals surface area contributed by atoms with Crippen molar-refractivity contribution in [1.82, 2.24) is 9.47 Å². The Morgan fingerprint density at radius 2 is 1.04 bits per heavy atom. The van der Waals surface area contributed by atoms with Crippen LogP contribution in [0.4, 0.5) is 22.7 Å². The van der Waals surface area contributed by atoms with E-state index in [2.05, 4.69) is 125 Å². The summed E-state index contributed by atoms with van der Waals surface area (Å²) in [5.74, 6) is 2.40. The van der Waals surface area contributed by atoms with Crippen LogP contribution in [0.1, 0.15) is 17.0 Å². The molecule has 0 bridgehead atoms. The fraction of sp³-hybridized carbons (Fsp3) is 0.220. The second kappa shape index (κ2) is 11.3. The number of aromatic nitrogens is 1. The van der Waals surface area contributed by atoms with E-state index in [0.717, 1.165) is 66.8 Å². The summed E-state index contributed by atoms with van der Waals surface area (Å²) in [6.07, 6.45) is 3.30. The number of benzene rings is 4. The first-order chi connectivity index (χ1) is 25.0. The van der Waals surface area contributed by atoms with Gasteiger partial charge in [0.15, 0.2) is 0 Å². The van der Waals surface area contributed by atoms with E-state index in [4.69, 9.17) is 20.0 Å². The maximum atomic E-state index is 11.0. The minimum absolute atomic E-state index is 0.0718. The maximum Gasteiger partial charge on any atom is 0.242 e. The van der Waals surface area contributed by atoms with E-state index in [0.29, 0.717) is 29.4 Å². The molecule has 0 amide bonds. The first kappa shape index (κ1) is 31.6. The van der Waals surface area contributed by atoms with E-state index < -0.39 is 0 Å². The molecule has 260 valence electrons. The molecule has 11 nitrogen and oxygen atoms in total. The molecule has 0 saturated carbocycles. The molecule has 4 aliphatic rings. The largest absolute Gasteiger partial charge is 0.508 e. The molecule has 0 radical (unpaired) electrons. The van der Waals surface area contributed by atoms with Gasteiger partial charge in [0, 0.05) is 102 Å². The van der Waals surface area contributed by atoms with Gasteiger partial charge in [-0.25, -0.2) is 9.89 Å². The van der Waals surface area contributed by atoms with Crippen molar-refractivity contribution < 1.29 is 5.11 Å². The van der Waals surface area contributed by atoms with Gasteiger partial charge in [-0.05, 0) is 82.9 Å². The summed E-state index contributed by atoms with van der Waals surface area (Å²) in [4.78, 5) is 30.8. The summed E-state index contributed by atoms with van der Waals surface area (Å²) >= 11 is 0. The van der Waals surface area contributed by atoms with Crippen molar-refractivity contribution in [1.29, 1.82) is 0 Å². The minimum atomic E-state index is -0.232. The molecule has 0 saturated heterocycles. The first-order valence-electron chi connectivity index (χ1n) is 17.3. The number of guanidine groups is 1. The molecule has 9 rings (SSSR count). The number of nitrogens with zero attached hydrogens (tertiary/aromatic N) is 10. The maximum absolute atomic E-state index is 11.0. The molecule has 4 heterocycles. The summed E-state index contributed by atoms with van der Waals surface area (Å²) in [5.41, 5.74) is 11.0. The Morgan fingerprint density at radius 3 is 1.56 bits per heavy atom. The standard InChI is InChI=1S/C41H40N10O/c1-46(2)23-9-13-28-30(17-23)31-18-24(47(3)4)10-14-29(31)38(28)39-42-36-21-27(52)22-37-43-40(45-41(44-39)51(36)37)50-34-15-11-25(48(5)6)19-32(34)33-20-26(49(7)8)12-16-35(33)50/h9-22,38,52H,1-8H3. The highest BCUT2D eigenvalue weighted by Gasteiger charge is 2.39. The Bertz CT molecular complexity index is 2440. The van der Waals surface area contributed by atoms with Gasteiger partial charge in [-0.3, -0.25) is 4.57 Å². The highest BCUT2D eigenvalue weighted by Crippen LogP contribution is 2.49. The topological polar surface area (TPSA) is 90.8 Å². The lowest BCUT2D eigenvalue weighted by Gasteiger charge is -2.33. The second-order valence-electron chi connectivity index (χ2n) is 14.5. The van der Waals surface area contributed by atoms with E-state index >= 15 is 0 Å². The van der Waals surface area contributed by atoms with Crippen molar-refractivity contribution in [3.8, 4) is 11.1 Å². The van der Waals surface area contributed by atoms with Crippen LogP contribution in [0.2, 0.25) is 0 Å². The normalized spacial score (nSPS) is 16.0. The summed E-state index contributed by atoms with van der Waals surface area (Å²) in [6, 6.07) is 26.1. The van der Waals surface area contributed by atoms with Crippen LogP contribution in [0.5, 0.6) is 0 Å². The van der Waals surface area contributed by atoms with E-state index in [1.54, 1.807) is 12.2 Å². The number of allylic oxidation sites excluding steroid dienone is 1. The number of amidine groups is 2. The summed E-state index contributed by atoms with van der Waals surface area (Å²) in [5, 5.41) is 13.2. The number of hydrogen-bond donors (Lipinski definition) is 1. The van der Waals surface area contributed by atoms with Crippen LogP contribution >= 0.6 is 0 Å². The number of rotatable bonds is 5. The van der Waals surface area contributed by atoms with Crippen LogP contribution < -0.4 is 19.6 Å². The third-order valence-corrected chi connectivity index (χ3v) is 10.3. The number of hydrogen-bond acceptors (Lipinski definition) is 10. The molecule has 3 aliphatic heterocycles. The predicted molar refractivity (Wildman–Crippen MR) is 216 cm³/mol. The molecule has 0 spiro atoms. The zero-order chi connectivity index (χ0) is 36.2. The Hall–Kier alpha value is -6.36. The van der Waals surface area contributed by atoms with Crippen LogP contribution in [-0.2, 0) is 0 Å². The third-order valence-electron chi connectivity index (χ3n) is 10.3. The Morgan fingerprint density at radius 1 is 0.538 bits per heavy atom. The molecule has 1 aliphatic carbocycles. The Balaban J connectivity index is 1.25. The van der Waals surface area contributed by atoms with Gasteiger partial charge in [-0.15, -0.1) is 0 Å². The SMILES string of the molecule is CN(C)c1ccc2c(c1)-c1cc(N(C)C)ccc1C2C1=NC2=NC(n3c4ccc(N(C)C)cc4c4cc(N(C)C)ccc43)=NC3=CC(O)=CC(=N1)N32. The van der Waals surface area contributed by atoms with Crippen LogP contribution in [0.3, 0.4) is 0 Å². The lowest BCUT2D eigenvalue weighted by molar-refractivity contribution is 0.427. The van der Waals surface area contributed by atoms with E-state index in [1.807, 2.05) is 33.1 Å². The van der Waals surface area contributed by atoms with Crippen molar-refractivity contribution >= 4 is 68.1 Å². The van der Waals surface area contributed by atoms with E-state index in [9.17, 15) is 5.11 Å². The average Bonchev–Trinajstić information content (AvgIpc) is 3.62. The molecule has 1 N–H and O–H groups in total. The monoisotopic (exact) mass is 688 g/mol. The molecule has 11 heteroatoms. The second-order valence-corrected chi connectivity index (χ2v) is 14.5. The van der Waals surface area contributed by atoms with Crippen LogP contribution in [0, 0.1) is 0 Å². The van der Waals surface area contributed by atoms with Crippen molar-refractivity contribution in [3.63, 3.8) is 0 Å². The lowest BCUT2D eigenvalue weighted by atomic mass is 9.95. The smallest absolute Gasteiger partial charge is 0.242 e. The number of aliphatic imine (C=N–C) groups is 4. The molecular formula is C41H40N10O. The van der Waals surface area contributed by atoms with Gasteiger partial charge in [0.2, 0.25) is 11.9 Å². The van der Waals surface area contributed by atoms with Crippen molar-refractivity contribution in [2.45, 2.75) is 5.92 Å². The molecule has 0 unspecified atom stereocenters. The number of fused-ring (bicyclic) bond motifs is 6.